The number of pyridine rings is 1. The Morgan fingerprint density at radius 3 is 2.42 bits per heavy atom. The molecule has 1 aromatic carbocycles. The number of aromatic carboxylic acids is 1. The standard InChI is InChI=1S/C13H9Cl2NO3/c14-10-3-1-8(2-4-10)6-16-7-9(13(18)19)5-11(15)12(16)17/h1-5,7H,6H2,(H,18,19). The van der Waals surface area contributed by atoms with E-state index in [1.807, 2.05) is 0 Å². The third kappa shape index (κ3) is 3.16. The molecule has 98 valence electrons. The molecule has 1 heterocycles. The topological polar surface area (TPSA) is 59.3 Å². The van der Waals surface area contributed by atoms with E-state index >= 15 is 0 Å². The largest absolute Gasteiger partial charge is 0.478 e. The lowest BCUT2D eigenvalue weighted by molar-refractivity contribution is 0.0696. The monoisotopic (exact) mass is 297 g/mol. The summed E-state index contributed by atoms with van der Waals surface area (Å²) in [4.78, 5) is 22.7. The van der Waals surface area contributed by atoms with Crippen molar-refractivity contribution in [3.8, 4) is 0 Å². The molecule has 0 aliphatic carbocycles. The number of carboxylic acids is 1. The summed E-state index contributed by atoms with van der Waals surface area (Å²) in [5.41, 5.74) is 0.366. The number of nitrogens with zero attached hydrogens (tertiary/aromatic N) is 1. The molecule has 0 radical (unpaired) electrons. The zero-order valence-corrected chi connectivity index (χ0v) is 11.1. The van der Waals surface area contributed by atoms with Crippen LogP contribution >= 0.6 is 23.2 Å². The predicted molar refractivity (Wildman–Crippen MR) is 73.2 cm³/mol. The smallest absolute Gasteiger partial charge is 0.337 e. The minimum atomic E-state index is -1.13. The van der Waals surface area contributed by atoms with Gasteiger partial charge in [-0.25, -0.2) is 4.79 Å². The Morgan fingerprint density at radius 2 is 1.84 bits per heavy atom. The number of carbonyl (C=O) groups is 1. The molecule has 19 heavy (non-hydrogen) atoms. The molecule has 1 aromatic heterocycles. The summed E-state index contributed by atoms with van der Waals surface area (Å²) in [6.45, 7) is 0.233. The van der Waals surface area contributed by atoms with Crippen LogP contribution in [0.2, 0.25) is 10.0 Å². The van der Waals surface area contributed by atoms with Crippen molar-refractivity contribution >= 4 is 29.2 Å². The van der Waals surface area contributed by atoms with Gasteiger partial charge in [-0.2, -0.15) is 0 Å². The van der Waals surface area contributed by atoms with Crippen LogP contribution in [0.25, 0.3) is 0 Å². The van der Waals surface area contributed by atoms with Crippen LogP contribution in [0.15, 0.2) is 41.3 Å². The van der Waals surface area contributed by atoms with Crippen LogP contribution in [0.5, 0.6) is 0 Å². The number of aromatic nitrogens is 1. The van der Waals surface area contributed by atoms with Gasteiger partial charge in [-0.15, -0.1) is 0 Å². The summed E-state index contributed by atoms with van der Waals surface area (Å²) in [6, 6.07) is 8.06. The molecule has 2 aromatic rings. The van der Waals surface area contributed by atoms with Crippen molar-refractivity contribution in [1.29, 1.82) is 0 Å². The highest BCUT2D eigenvalue weighted by Gasteiger charge is 2.10. The summed E-state index contributed by atoms with van der Waals surface area (Å²) >= 11 is 11.5. The van der Waals surface area contributed by atoms with E-state index in [4.69, 9.17) is 28.3 Å². The molecule has 2 rings (SSSR count). The number of hydrogen-bond acceptors (Lipinski definition) is 2. The third-order valence-electron chi connectivity index (χ3n) is 2.56. The molecule has 0 saturated heterocycles. The minimum absolute atomic E-state index is 0.0291. The molecule has 0 aliphatic rings. The van der Waals surface area contributed by atoms with Crippen molar-refractivity contribution in [2.75, 3.05) is 0 Å². The Kier molecular flexibility index (Phi) is 3.93. The number of rotatable bonds is 3. The molecule has 0 bridgehead atoms. The van der Waals surface area contributed by atoms with E-state index in [1.165, 1.54) is 10.8 Å². The van der Waals surface area contributed by atoms with Crippen LogP contribution < -0.4 is 5.56 Å². The quantitative estimate of drug-likeness (QED) is 0.947. The van der Waals surface area contributed by atoms with Crippen molar-refractivity contribution in [2.24, 2.45) is 0 Å². The number of carboxylic acid groups (broad SMARTS) is 1. The molecule has 0 amide bonds. The van der Waals surface area contributed by atoms with E-state index in [9.17, 15) is 9.59 Å². The number of benzene rings is 1. The van der Waals surface area contributed by atoms with Crippen LogP contribution in [-0.4, -0.2) is 15.6 Å². The second-order valence-corrected chi connectivity index (χ2v) is 4.79. The molecule has 6 heteroatoms. The zero-order chi connectivity index (χ0) is 14.0. The van der Waals surface area contributed by atoms with E-state index in [2.05, 4.69) is 0 Å². The number of halogens is 2. The van der Waals surface area contributed by atoms with Crippen molar-refractivity contribution in [2.45, 2.75) is 6.54 Å². The highest BCUT2D eigenvalue weighted by Crippen LogP contribution is 2.12. The van der Waals surface area contributed by atoms with Crippen molar-refractivity contribution in [3.63, 3.8) is 0 Å². The van der Waals surface area contributed by atoms with Crippen molar-refractivity contribution < 1.29 is 9.90 Å². The zero-order valence-electron chi connectivity index (χ0n) is 9.64. The lowest BCUT2D eigenvalue weighted by Crippen LogP contribution is -2.22. The molecule has 0 saturated carbocycles. The summed E-state index contributed by atoms with van der Waals surface area (Å²) in [6.07, 6.45) is 1.27. The van der Waals surface area contributed by atoms with E-state index < -0.39 is 11.5 Å². The molecule has 0 aliphatic heterocycles. The van der Waals surface area contributed by atoms with E-state index in [-0.39, 0.29) is 17.1 Å². The molecular weight excluding hydrogens is 289 g/mol. The van der Waals surface area contributed by atoms with E-state index in [1.54, 1.807) is 24.3 Å². The molecule has 4 nitrogen and oxygen atoms in total. The van der Waals surface area contributed by atoms with Crippen LogP contribution in [0.4, 0.5) is 0 Å². The second-order valence-electron chi connectivity index (χ2n) is 3.94. The molecule has 0 spiro atoms. The van der Waals surface area contributed by atoms with Gasteiger partial charge < -0.3 is 9.67 Å². The fraction of sp³-hybridized carbons (Fsp3) is 0.0769. The van der Waals surface area contributed by atoms with Gasteiger partial charge in [0.2, 0.25) is 0 Å². The van der Waals surface area contributed by atoms with Gasteiger partial charge in [-0.1, -0.05) is 35.3 Å². The van der Waals surface area contributed by atoms with Crippen molar-refractivity contribution in [1.82, 2.24) is 4.57 Å². The van der Waals surface area contributed by atoms with Gasteiger partial charge in [-0.05, 0) is 23.8 Å². The van der Waals surface area contributed by atoms with Gasteiger partial charge in [0.05, 0.1) is 12.1 Å². The van der Waals surface area contributed by atoms with Crippen molar-refractivity contribution in [3.05, 3.63) is 68.1 Å². The summed E-state index contributed by atoms with van der Waals surface area (Å²) in [7, 11) is 0. The minimum Gasteiger partial charge on any atom is -0.478 e. The van der Waals surface area contributed by atoms with E-state index in [0.717, 1.165) is 11.6 Å². The third-order valence-corrected chi connectivity index (χ3v) is 3.08. The summed E-state index contributed by atoms with van der Waals surface area (Å²) in [5, 5.41) is 9.41. The maximum absolute atomic E-state index is 11.8. The molecule has 0 fully saturated rings. The Labute approximate surface area is 118 Å². The van der Waals surface area contributed by atoms with Gasteiger partial charge in [-0.3, -0.25) is 4.79 Å². The first-order valence-corrected chi connectivity index (χ1v) is 6.10. The highest BCUT2D eigenvalue weighted by atomic mass is 35.5. The summed E-state index contributed by atoms with van der Waals surface area (Å²) < 4.78 is 1.26. The van der Waals surface area contributed by atoms with Crippen LogP contribution in [0.3, 0.4) is 0 Å². The van der Waals surface area contributed by atoms with Gasteiger partial charge >= 0.3 is 5.97 Å². The van der Waals surface area contributed by atoms with Gasteiger partial charge in [0, 0.05) is 11.2 Å². The second kappa shape index (κ2) is 5.47. The summed E-state index contributed by atoms with van der Waals surface area (Å²) in [5.74, 6) is -1.13. The highest BCUT2D eigenvalue weighted by molar-refractivity contribution is 6.30. The lowest BCUT2D eigenvalue weighted by Gasteiger charge is -2.08. The Morgan fingerprint density at radius 1 is 1.21 bits per heavy atom. The average Bonchev–Trinajstić information content (AvgIpc) is 2.37. The molecule has 0 unspecified atom stereocenters. The number of hydrogen-bond donors (Lipinski definition) is 1. The first-order chi connectivity index (χ1) is 8.97. The fourth-order valence-electron chi connectivity index (χ4n) is 1.62. The Hall–Kier alpha value is -1.78. The average molecular weight is 298 g/mol. The predicted octanol–water partition coefficient (Wildman–Crippen LogP) is 2.90. The first-order valence-electron chi connectivity index (χ1n) is 5.35. The maximum atomic E-state index is 11.8. The van der Waals surface area contributed by atoms with Gasteiger partial charge in [0.1, 0.15) is 5.02 Å². The van der Waals surface area contributed by atoms with Crippen LogP contribution in [0.1, 0.15) is 15.9 Å². The molecule has 1 N–H and O–H groups in total. The molecular formula is C13H9Cl2NO3. The fourth-order valence-corrected chi connectivity index (χ4v) is 1.97. The lowest BCUT2D eigenvalue weighted by atomic mass is 10.2. The Balaban J connectivity index is 2.41. The maximum Gasteiger partial charge on any atom is 0.337 e. The van der Waals surface area contributed by atoms with E-state index in [0.29, 0.717) is 5.02 Å². The molecule has 0 atom stereocenters. The Bertz CT molecular complexity index is 677. The first kappa shape index (κ1) is 13.6. The SMILES string of the molecule is O=C(O)c1cc(Cl)c(=O)n(Cc2ccc(Cl)cc2)c1. The van der Waals surface area contributed by atoms with Crippen LogP contribution in [0, 0.1) is 0 Å². The van der Waals surface area contributed by atoms with Crippen LogP contribution in [-0.2, 0) is 6.54 Å². The van der Waals surface area contributed by atoms with Gasteiger partial charge in [0.15, 0.2) is 0 Å². The van der Waals surface area contributed by atoms with Gasteiger partial charge in [0.25, 0.3) is 5.56 Å². The normalized spacial score (nSPS) is 10.4.